The predicted octanol–water partition coefficient (Wildman–Crippen LogP) is 4.02. The fourth-order valence-electron chi connectivity index (χ4n) is 4.46. The average molecular weight is 550 g/mol. The van der Waals surface area contributed by atoms with Gasteiger partial charge in [0, 0.05) is 12.3 Å². The van der Waals surface area contributed by atoms with Crippen LogP contribution < -0.4 is 10.6 Å². The number of nitrogens with one attached hydrogen (secondary N) is 2. The third kappa shape index (κ3) is 9.62. The molecule has 2 rings (SSSR count). The number of hydrogen-bond donors (Lipinski definition) is 2. The van der Waals surface area contributed by atoms with Gasteiger partial charge in [-0.2, -0.15) is 11.8 Å². The molecule has 1 unspecified atom stereocenters. The van der Waals surface area contributed by atoms with Crippen molar-refractivity contribution in [3.05, 3.63) is 29.8 Å². The zero-order chi connectivity index (χ0) is 27.9. The number of carbonyl (C=O) groups is 4. The van der Waals surface area contributed by atoms with Crippen molar-refractivity contribution in [3.8, 4) is 0 Å². The first-order valence-corrected chi connectivity index (χ1v) is 14.8. The van der Waals surface area contributed by atoms with Gasteiger partial charge in [-0.3, -0.25) is 19.7 Å². The number of ether oxygens (including phenoxy) is 2. The summed E-state index contributed by atoms with van der Waals surface area (Å²) in [5.74, 6) is -0.0748. The van der Waals surface area contributed by atoms with Crippen molar-refractivity contribution in [3.63, 3.8) is 0 Å². The van der Waals surface area contributed by atoms with E-state index in [0.717, 1.165) is 12.2 Å². The molecule has 0 radical (unpaired) electrons. The lowest BCUT2D eigenvalue weighted by Gasteiger charge is -2.29. The van der Waals surface area contributed by atoms with Crippen LogP contribution in [0.15, 0.2) is 24.3 Å². The summed E-state index contributed by atoms with van der Waals surface area (Å²) >= 11 is 1.68. The first kappa shape index (κ1) is 31.6. The molecule has 38 heavy (non-hydrogen) atoms. The molecule has 1 aromatic carbocycles. The number of amides is 2. The Hall–Kier alpha value is -2.59. The molecule has 1 saturated heterocycles. The fraction of sp³-hybridized carbons (Fsp3) is 0.643. The number of esters is 2. The standard InChI is InChI=1S/C28H43N3O6S/c1-5-7-8-9-12-18-38-19-23(28(35)37-6-2)29-20(3)26(33)31-17-13-16-24(31)25(32)30-22-15-11-10-14-21(22)27(34)36-4/h10-11,14-15,20,23-24,29H,5-9,12-13,16-19H2,1-4H3,(H,30,32)/t20?,23-,24-/m0/s1. The van der Waals surface area contributed by atoms with Gasteiger partial charge in [0.1, 0.15) is 12.1 Å². The SMILES string of the molecule is CCCCCCCSC[C@H](NC(C)C(=O)N1CCC[C@H]1C(=O)Nc1ccccc1C(=O)OC)C(=O)OCC. The van der Waals surface area contributed by atoms with Crippen LogP contribution in [0.1, 0.15) is 76.1 Å². The molecule has 0 aromatic heterocycles. The first-order chi connectivity index (χ1) is 18.3. The van der Waals surface area contributed by atoms with Crippen molar-refractivity contribution in [2.24, 2.45) is 0 Å². The van der Waals surface area contributed by atoms with E-state index >= 15 is 0 Å². The van der Waals surface area contributed by atoms with Gasteiger partial charge < -0.3 is 19.7 Å². The van der Waals surface area contributed by atoms with Crippen LogP contribution in [0.25, 0.3) is 0 Å². The number of anilines is 1. The maximum atomic E-state index is 13.4. The van der Waals surface area contributed by atoms with E-state index in [1.807, 2.05) is 0 Å². The molecule has 2 N–H and O–H groups in total. The highest BCUT2D eigenvalue weighted by molar-refractivity contribution is 7.99. The number of carbonyl (C=O) groups excluding carboxylic acids is 4. The van der Waals surface area contributed by atoms with E-state index in [9.17, 15) is 19.2 Å². The highest BCUT2D eigenvalue weighted by Gasteiger charge is 2.37. The average Bonchev–Trinajstić information content (AvgIpc) is 3.41. The monoisotopic (exact) mass is 549 g/mol. The zero-order valence-corrected chi connectivity index (χ0v) is 23.9. The molecule has 9 nitrogen and oxygen atoms in total. The number of rotatable bonds is 16. The molecular formula is C28H43N3O6S. The van der Waals surface area contributed by atoms with Crippen LogP contribution in [0.4, 0.5) is 5.69 Å². The number of likely N-dealkylation sites (tertiary alicyclic amines) is 1. The lowest BCUT2D eigenvalue weighted by molar-refractivity contribution is -0.146. The number of hydrogen-bond acceptors (Lipinski definition) is 8. The lowest BCUT2D eigenvalue weighted by Crippen LogP contribution is -2.54. The molecule has 1 heterocycles. The quantitative estimate of drug-likeness (QED) is 0.235. The van der Waals surface area contributed by atoms with Gasteiger partial charge in [-0.15, -0.1) is 0 Å². The van der Waals surface area contributed by atoms with E-state index < -0.39 is 24.1 Å². The van der Waals surface area contributed by atoms with E-state index in [1.54, 1.807) is 54.8 Å². The Morgan fingerprint density at radius 1 is 1.11 bits per heavy atom. The van der Waals surface area contributed by atoms with Gasteiger partial charge in [0.15, 0.2) is 0 Å². The van der Waals surface area contributed by atoms with E-state index in [0.29, 0.717) is 30.8 Å². The predicted molar refractivity (Wildman–Crippen MR) is 150 cm³/mol. The molecule has 1 fully saturated rings. The van der Waals surface area contributed by atoms with Gasteiger partial charge in [0.05, 0.1) is 31.0 Å². The second kappa shape index (κ2) is 17.1. The molecular weight excluding hydrogens is 506 g/mol. The van der Waals surface area contributed by atoms with E-state index in [4.69, 9.17) is 9.47 Å². The molecule has 0 aliphatic carbocycles. The smallest absolute Gasteiger partial charge is 0.339 e. The molecule has 1 aliphatic rings. The highest BCUT2D eigenvalue weighted by atomic mass is 32.2. The molecule has 1 aliphatic heterocycles. The fourth-order valence-corrected chi connectivity index (χ4v) is 5.50. The Bertz CT molecular complexity index is 928. The second-order valence-corrected chi connectivity index (χ2v) is 10.5. The van der Waals surface area contributed by atoms with Crippen LogP contribution in [0, 0.1) is 0 Å². The summed E-state index contributed by atoms with van der Waals surface area (Å²) < 4.78 is 10.0. The number of benzene rings is 1. The second-order valence-electron chi connectivity index (χ2n) is 9.40. The highest BCUT2D eigenvalue weighted by Crippen LogP contribution is 2.23. The van der Waals surface area contributed by atoms with Crippen molar-refractivity contribution in [2.75, 3.05) is 37.1 Å². The number of nitrogens with zero attached hydrogens (tertiary/aromatic N) is 1. The molecule has 3 atom stereocenters. The number of methoxy groups -OCH3 is 1. The molecule has 212 valence electrons. The maximum absolute atomic E-state index is 13.4. The van der Waals surface area contributed by atoms with E-state index in [1.165, 1.54) is 32.8 Å². The summed E-state index contributed by atoms with van der Waals surface area (Å²) in [6.45, 7) is 6.37. The third-order valence-electron chi connectivity index (χ3n) is 6.50. The van der Waals surface area contributed by atoms with Crippen LogP contribution >= 0.6 is 11.8 Å². The third-order valence-corrected chi connectivity index (χ3v) is 7.64. The Kier molecular flexibility index (Phi) is 14.2. The summed E-state index contributed by atoms with van der Waals surface area (Å²) in [7, 11) is 1.28. The molecule has 0 spiro atoms. The van der Waals surface area contributed by atoms with Crippen molar-refractivity contribution < 1.29 is 28.7 Å². The molecule has 0 bridgehead atoms. The van der Waals surface area contributed by atoms with E-state index in [2.05, 4.69) is 17.6 Å². The summed E-state index contributed by atoms with van der Waals surface area (Å²) in [4.78, 5) is 52.7. The van der Waals surface area contributed by atoms with Crippen LogP contribution in [0.5, 0.6) is 0 Å². The Balaban J connectivity index is 1.99. The maximum Gasteiger partial charge on any atom is 0.339 e. The van der Waals surface area contributed by atoms with E-state index in [-0.39, 0.29) is 30.0 Å². The minimum absolute atomic E-state index is 0.245. The Morgan fingerprint density at radius 3 is 2.55 bits per heavy atom. The van der Waals surface area contributed by atoms with Gasteiger partial charge in [0.2, 0.25) is 11.8 Å². The molecule has 1 aromatic rings. The summed E-state index contributed by atoms with van der Waals surface area (Å²) in [6.07, 6.45) is 7.14. The van der Waals surface area contributed by atoms with Gasteiger partial charge in [0.25, 0.3) is 0 Å². The topological polar surface area (TPSA) is 114 Å². The van der Waals surface area contributed by atoms with Crippen molar-refractivity contribution in [1.82, 2.24) is 10.2 Å². The van der Waals surface area contributed by atoms with Gasteiger partial charge >= 0.3 is 11.9 Å². The number of unbranched alkanes of at least 4 members (excludes halogenated alkanes) is 4. The summed E-state index contributed by atoms with van der Waals surface area (Å²) in [6, 6.07) is 4.64. The molecule has 2 amide bonds. The van der Waals surface area contributed by atoms with Crippen LogP contribution in [0.2, 0.25) is 0 Å². The minimum Gasteiger partial charge on any atom is -0.465 e. The first-order valence-electron chi connectivity index (χ1n) is 13.6. The van der Waals surface area contributed by atoms with Crippen molar-refractivity contribution in [2.45, 2.75) is 83.8 Å². The van der Waals surface area contributed by atoms with Gasteiger partial charge in [-0.25, -0.2) is 4.79 Å². The summed E-state index contributed by atoms with van der Waals surface area (Å²) in [5, 5.41) is 5.94. The van der Waals surface area contributed by atoms with Crippen LogP contribution in [-0.4, -0.2) is 78.5 Å². The molecule has 0 saturated carbocycles. The minimum atomic E-state index is -0.676. The largest absolute Gasteiger partial charge is 0.465 e. The van der Waals surface area contributed by atoms with Crippen LogP contribution in [-0.2, 0) is 23.9 Å². The van der Waals surface area contributed by atoms with Crippen molar-refractivity contribution >= 4 is 41.2 Å². The lowest BCUT2D eigenvalue weighted by atomic mass is 10.1. The van der Waals surface area contributed by atoms with Crippen LogP contribution in [0.3, 0.4) is 0 Å². The Morgan fingerprint density at radius 2 is 1.84 bits per heavy atom. The number of para-hydroxylation sites is 1. The summed E-state index contributed by atoms with van der Waals surface area (Å²) in [5.41, 5.74) is 0.582. The Labute approximate surface area is 230 Å². The van der Waals surface area contributed by atoms with Gasteiger partial charge in [-0.05, 0) is 51.0 Å². The number of thioether (sulfide) groups is 1. The normalized spacial score (nSPS) is 16.5. The molecule has 10 heteroatoms. The zero-order valence-electron chi connectivity index (χ0n) is 23.1. The van der Waals surface area contributed by atoms with Crippen molar-refractivity contribution in [1.29, 1.82) is 0 Å². The van der Waals surface area contributed by atoms with Gasteiger partial charge in [-0.1, -0.05) is 44.7 Å².